The first-order chi connectivity index (χ1) is 23.2. The van der Waals surface area contributed by atoms with E-state index < -0.39 is 0 Å². The van der Waals surface area contributed by atoms with E-state index in [1.165, 1.54) is 48.7 Å². The van der Waals surface area contributed by atoms with Crippen LogP contribution in [0.1, 0.15) is 17.9 Å². The normalized spacial score (nSPS) is 14.4. The quantitative estimate of drug-likeness (QED) is 0.203. The van der Waals surface area contributed by atoms with Gasteiger partial charge in [-0.05, 0) is 97.6 Å². The molecule has 0 N–H and O–H groups in total. The maximum atomic E-state index is 5.17. The third kappa shape index (κ3) is 4.28. The molecule has 1 aliphatic rings. The number of nitrogens with zero attached hydrogens (tertiary/aromatic N) is 3. The number of hydrogen-bond donors (Lipinski definition) is 0. The van der Waals surface area contributed by atoms with E-state index in [-0.39, 0.29) is 0 Å². The van der Waals surface area contributed by atoms with Crippen LogP contribution in [-0.4, -0.2) is 14.4 Å². The van der Waals surface area contributed by atoms with Crippen LogP contribution in [0.5, 0.6) is 0 Å². The van der Waals surface area contributed by atoms with Gasteiger partial charge in [-0.1, -0.05) is 115 Å². The zero-order valence-electron chi connectivity index (χ0n) is 25.6. The highest BCUT2D eigenvalue weighted by Crippen LogP contribution is 2.33. The summed E-state index contributed by atoms with van der Waals surface area (Å²) in [6.45, 7) is 0. The van der Waals surface area contributed by atoms with E-state index in [9.17, 15) is 0 Å². The van der Waals surface area contributed by atoms with Crippen LogP contribution in [-0.2, 0) is 0 Å². The Labute approximate surface area is 271 Å². The van der Waals surface area contributed by atoms with Crippen molar-refractivity contribution in [1.29, 1.82) is 0 Å². The molecule has 0 saturated carbocycles. The maximum Gasteiger partial charge on any atom is 0.149 e. The lowest BCUT2D eigenvalue weighted by atomic mass is 9.88. The van der Waals surface area contributed by atoms with Gasteiger partial charge in [0.05, 0.1) is 16.6 Å². The molecule has 1 aliphatic carbocycles. The third-order valence-electron chi connectivity index (χ3n) is 9.84. The number of fused-ring (bicyclic) bond motifs is 8. The monoisotopic (exact) mass is 599 g/mol. The van der Waals surface area contributed by atoms with Crippen molar-refractivity contribution in [2.45, 2.75) is 12.3 Å². The van der Waals surface area contributed by atoms with Gasteiger partial charge in [0.15, 0.2) is 0 Å². The van der Waals surface area contributed by atoms with E-state index in [1.54, 1.807) is 0 Å². The van der Waals surface area contributed by atoms with Gasteiger partial charge in [-0.15, -0.1) is 0 Å². The number of rotatable bonds is 3. The lowest BCUT2D eigenvalue weighted by Crippen LogP contribution is -2.28. The SMILES string of the molecule is C1=c2ccc(-c3ccc4ccccc4c3)cc2=CCC1c1ccc2cc(-c3nc4ccccc4c4nc5ccccc5n34)ccc2c1. The fourth-order valence-corrected chi connectivity index (χ4v) is 7.40. The highest BCUT2D eigenvalue weighted by molar-refractivity contribution is 5.99. The predicted molar refractivity (Wildman–Crippen MR) is 196 cm³/mol. The van der Waals surface area contributed by atoms with Crippen molar-refractivity contribution >= 4 is 61.3 Å². The van der Waals surface area contributed by atoms with Gasteiger partial charge in [-0.3, -0.25) is 4.40 Å². The van der Waals surface area contributed by atoms with Gasteiger partial charge in [0.2, 0.25) is 0 Å². The average Bonchev–Trinajstić information content (AvgIpc) is 3.53. The Balaban J connectivity index is 1.01. The first-order valence-electron chi connectivity index (χ1n) is 16.3. The van der Waals surface area contributed by atoms with Crippen molar-refractivity contribution in [2.24, 2.45) is 0 Å². The third-order valence-corrected chi connectivity index (χ3v) is 9.84. The van der Waals surface area contributed by atoms with Gasteiger partial charge < -0.3 is 0 Å². The zero-order valence-corrected chi connectivity index (χ0v) is 25.6. The summed E-state index contributed by atoms with van der Waals surface area (Å²) in [4.78, 5) is 10.2. The van der Waals surface area contributed by atoms with Crippen molar-refractivity contribution < 1.29 is 0 Å². The smallest absolute Gasteiger partial charge is 0.149 e. The molecule has 9 aromatic rings. The Kier molecular flexibility index (Phi) is 5.70. The van der Waals surface area contributed by atoms with Crippen molar-refractivity contribution in [3.8, 4) is 22.5 Å². The lowest BCUT2D eigenvalue weighted by molar-refractivity contribution is 0.923. The summed E-state index contributed by atoms with van der Waals surface area (Å²) in [5.41, 5.74) is 8.89. The molecule has 0 radical (unpaired) electrons. The molecule has 3 nitrogen and oxygen atoms in total. The van der Waals surface area contributed by atoms with E-state index in [0.29, 0.717) is 5.92 Å². The summed E-state index contributed by atoms with van der Waals surface area (Å²) in [7, 11) is 0. The molecule has 47 heavy (non-hydrogen) atoms. The highest BCUT2D eigenvalue weighted by atomic mass is 15.1. The molecule has 2 heterocycles. The average molecular weight is 600 g/mol. The van der Waals surface area contributed by atoms with Gasteiger partial charge in [0, 0.05) is 16.9 Å². The van der Waals surface area contributed by atoms with Crippen LogP contribution in [0.4, 0.5) is 0 Å². The van der Waals surface area contributed by atoms with Gasteiger partial charge >= 0.3 is 0 Å². The Morgan fingerprint density at radius 2 is 1.19 bits per heavy atom. The van der Waals surface area contributed by atoms with Crippen LogP contribution in [0.25, 0.3) is 83.8 Å². The van der Waals surface area contributed by atoms with Gasteiger partial charge in [-0.2, -0.15) is 0 Å². The van der Waals surface area contributed by atoms with E-state index in [4.69, 9.17) is 9.97 Å². The van der Waals surface area contributed by atoms with Gasteiger partial charge in [0.1, 0.15) is 11.5 Å². The number of para-hydroxylation sites is 3. The fourth-order valence-electron chi connectivity index (χ4n) is 7.40. The van der Waals surface area contributed by atoms with E-state index >= 15 is 0 Å². The summed E-state index contributed by atoms with van der Waals surface area (Å²) in [6.07, 6.45) is 5.84. The Hall–Kier alpha value is -6.06. The number of hydrogen-bond acceptors (Lipinski definition) is 2. The molecule has 1 unspecified atom stereocenters. The summed E-state index contributed by atoms with van der Waals surface area (Å²) < 4.78 is 2.21. The minimum Gasteiger partial charge on any atom is -0.276 e. The first kappa shape index (κ1) is 26.2. The van der Waals surface area contributed by atoms with Crippen molar-refractivity contribution in [3.63, 3.8) is 0 Å². The van der Waals surface area contributed by atoms with Crippen molar-refractivity contribution in [3.05, 3.63) is 162 Å². The molecule has 0 aliphatic heterocycles. The minimum absolute atomic E-state index is 0.345. The molecule has 1 atom stereocenters. The van der Waals surface area contributed by atoms with Crippen LogP contribution >= 0.6 is 0 Å². The van der Waals surface area contributed by atoms with Crippen LogP contribution in [0.2, 0.25) is 0 Å². The maximum absolute atomic E-state index is 5.17. The molecule has 0 saturated heterocycles. The lowest BCUT2D eigenvalue weighted by Gasteiger charge is -2.16. The Bertz CT molecular complexity index is 2840. The van der Waals surface area contributed by atoms with Crippen LogP contribution < -0.4 is 10.4 Å². The number of imidazole rings is 1. The first-order valence-corrected chi connectivity index (χ1v) is 16.3. The molecular weight excluding hydrogens is 571 g/mol. The largest absolute Gasteiger partial charge is 0.276 e. The van der Waals surface area contributed by atoms with Crippen LogP contribution in [0, 0.1) is 0 Å². The molecular formula is C44H29N3. The second kappa shape index (κ2) is 10.2. The minimum atomic E-state index is 0.345. The van der Waals surface area contributed by atoms with E-state index in [2.05, 4.69) is 150 Å². The van der Waals surface area contributed by atoms with Crippen LogP contribution in [0.15, 0.2) is 146 Å². The molecule has 0 bridgehead atoms. The second-order valence-electron chi connectivity index (χ2n) is 12.7. The molecule has 220 valence electrons. The summed E-state index contributed by atoms with van der Waals surface area (Å²) in [5, 5.41) is 8.68. The Morgan fingerprint density at radius 3 is 2.15 bits per heavy atom. The van der Waals surface area contributed by atoms with Gasteiger partial charge in [0.25, 0.3) is 0 Å². The topological polar surface area (TPSA) is 30.2 Å². The summed E-state index contributed by atoms with van der Waals surface area (Å²) in [6, 6.07) is 52.4. The number of aromatic nitrogens is 3. The summed E-state index contributed by atoms with van der Waals surface area (Å²) >= 11 is 0. The zero-order chi connectivity index (χ0) is 30.9. The molecule has 2 aromatic heterocycles. The fraction of sp³-hybridized carbons (Fsp3) is 0.0455. The molecule has 3 heteroatoms. The van der Waals surface area contributed by atoms with Gasteiger partial charge in [-0.25, -0.2) is 9.97 Å². The molecule has 7 aromatic carbocycles. The Morgan fingerprint density at radius 1 is 0.511 bits per heavy atom. The highest BCUT2D eigenvalue weighted by Gasteiger charge is 2.16. The van der Waals surface area contributed by atoms with E-state index in [0.717, 1.165) is 45.4 Å². The van der Waals surface area contributed by atoms with Crippen molar-refractivity contribution in [2.75, 3.05) is 0 Å². The predicted octanol–water partition coefficient (Wildman–Crippen LogP) is 9.42. The standard InChI is InChI=1S/C44H29N3/c1-2-8-29-23-30(14-13-28(29)7-1)31-15-16-33-25-34(18-17-32(33)24-31)35-19-20-37-27-38(22-21-36(37)26-35)43-45-40-10-4-3-9-39(40)44-46-41-11-5-6-12-42(41)47(43)44/h1-17,19-27,34H,18H2. The van der Waals surface area contributed by atoms with Crippen LogP contribution in [0.3, 0.4) is 0 Å². The van der Waals surface area contributed by atoms with E-state index in [1.807, 2.05) is 12.1 Å². The van der Waals surface area contributed by atoms with Crippen molar-refractivity contribution in [1.82, 2.24) is 14.4 Å². The molecule has 0 amide bonds. The summed E-state index contributed by atoms with van der Waals surface area (Å²) in [5.74, 6) is 1.26. The molecule has 0 fully saturated rings. The number of benzene rings is 7. The molecule has 0 spiro atoms. The second-order valence-corrected chi connectivity index (χ2v) is 12.7. The molecule has 10 rings (SSSR count).